The van der Waals surface area contributed by atoms with Crippen LogP contribution in [0.25, 0.3) is 0 Å². The molecule has 1 aliphatic heterocycles. The van der Waals surface area contributed by atoms with Crippen LogP contribution in [0.2, 0.25) is 0 Å². The lowest BCUT2D eigenvalue weighted by atomic mass is 9.93. The fourth-order valence-electron chi connectivity index (χ4n) is 1.69. The molecule has 0 spiro atoms. The molecule has 0 saturated carbocycles. The fraction of sp³-hybridized carbons (Fsp3) is 0.750. The van der Waals surface area contributed by atoms with Crippen molar-refractivity contribution in [1.29, 1.82) is 0 Å². The number of aliphatic hydroxyl groups excluding tert-OH is 3. The van der Waals surface area contributed by atoms with Crippen molar-refractivity contribution >= 4 is 34.4 Å². The lowest BCUT2D eigenvalue weighted by molar-refractivity contribution is -0.0571. The number of ether oxygens (including phenoxy) is 1. The van der Waals surface area contributed by atoms with Gasteiger partial charge in [0.05, 0.1) is 6.10 Å². The Hall–Kier alpha value is -0.380. The van der Waals surface area contributed by atoms with Gasteiger partial charge in [-0.3, -0.25) is 0 Å². The molecule has 1 heterocycles. The van der Waals surface area contributed by atoms with Crippen LogP contribution < -0.4 is 11.5 Å². The van der Waals surface area contributed by atoms with Crippen LogP contribution in [0.3, 0.4) is 0 Å². The van der Waals surface area contributed by atoms with Gasteiger partial charge >= 0.3 is 0 Å². The Morgan fingerprint density at radius 3 is 1.94 bits per heavy atom. The zero-order chi connectivity index (χ0) is 12.7. The van der Waals surface area contributed by atoms with E-state index in [1.165, 1.54) is 6.92 Å². The third-order valence-electron chi connectivity index (χ3n) is 2.61. The zero-order valence-electron chi connectivity index (χ0n) is 8.53. The Labute approximate surface area is 103 Å². The van der Waals surface area contributed by atoms with E-state index >= 15 is 0 Å². The smallest absolute Gasteiger partial charge is 0.196 e. The lowest BCUT2D eigenvalue weighted by Gasteiger charge is -2.29. The minimum atomic E-state index is -1.76. The monoisotopic (exact) mass is 266 g/mol. The molecule has 6 nitrogen and oxygen atoms in total. The number of nitrogens with two attached hydrogens (primary N) is 2. The molecule has 0 unspecified atom stereocenters. The minimum Gasteiger partial charge on any atom is -0.391 e. The molecule has 7 N–H and O–H groups in total. The topological polar surface area (TPSA) is 122 Å². The molecule has 0 bridgehead atoms. The molecule has 1 rings (SSSR count). The van der Waals surface area contributed by atoms with E-state index in [9.17, 15) is 15.3 Å². The van der Waals surface area contributed by atoms with Gasteiger partial charge in [-0.05, 0) is 6.92 Å². The van der Waals surface area contributed by atoms with Crippen LogP contribution in [0.15, 0.2) is 0 Å². The van der Waals surface area contributed by atoms with Crippen LogP contribution in [0.1, 0.15) is 6.92 Å². The van der Waals surface area contributed by atoms with Gasteiger partial charge in [0.1, 0.15) is 28.3 Å². The highest BCUT2D eigenvalue weighted by molar-refractivity contribution is 7.82. The van der Waals surface area contributed by atoms with Gasteiger partial charge in [-0.25, -0.2) is 0 Å². The fourth-order valence-corrected chi connectivity index (χ4v) is 2.31. The van der Waals surface area contributed by atoms with Crippen LogP contribution in [-0.2, 0) is 4.74 Å². The van der Waals surface area contributed by atoms with Gasteiger partial charge in [-0.2, -0.15) is 0 Å². The van der Waals surface area contributed by atoms with E-state index in [2.05, 4.69) is 0 Å². The van der Waals surface area contributed by atoms with Gasteiger partial charge in [0.15, 0.2) is 5.60 Å². The van der Waals surface area contributed by atoms with Gasteiger partial charge in [-0.1, -0.05) is 24.4 Å². The molecule has 0 amide bonds. The standard InChI is InChI=1S/C8H14N2O4S2/c1-2(11)4-3(12)5(13)8(14-4,6(9)15)7(10)16/h2-5,11-13H,1H3,(H2,9,15)(H2,10,16)/t2-,3+,4+,5-/m0/s1. The molecule has 0 aromatic carbocycles. The lowest BCUT2D eigenvalue weighted by Crippen LogP contribution is -2.60. The van der Waals surface area contributed by atoms with E-state index < -0.39 is 30.0 Å². The Bertz CT molecular complexity index is 309. The third-order valence-corrected chi connectivity index (χ3v) is 3.21. The Balaban J connectivity index is 3.15. The number of thiocarbonyl (C=S) groups is 2. The summed E-state index contributed by atoms with van der Waals surface area (Å²) in [5.41, 5.74) is 9.11. The second kappa shape index (κ2) is 4.47. The van der Waals surface area contributed by atoms with Crippen molar-refractivity contribution < 1.29 is 20.1 Å². The largest absolute Gasteiger partial charge is 0.391 e. The average Bonchev–Trinajstić information content (AvgIpc) is 2.41. The molecule has 0 aliphatic carbocycles. The van der Waals surface area contributed by atoms with Gasteiger partial charge in [0, 0.05) is 0 Å². The minimum absolute atomic E-state index is 0.269. The zero-order valence-corrected chi connectivity index (χ0v) is 10.2. The summed E-state index contributed by atoms with van der Waals surface area (Å²) in [6, 6.07) is 0. The van der Waals surface area contributed by atoms with Crippen molar-refractivity contribution in [2.75, 3.05) is 0 Å². The summed E-state index contributed by atoms with van der Waals surface area (Å²) in [5.74, 6) is 0. The van der Waals surface area contributed by atoms with Gasteiger partial charge in [0.2, 0.25) is 0 Å². The number of aliphatic hydroxyl groups is 3. The molecule has 16 heavy (non-hydrogen) atoms. The Morgan fingerprint density at radius 2 is 1.75 bits per heavy atom. The maximum atomic E-state index is 9.85. The molecular formula is C8H14N2O4S2. The van der Waals surface area contributed by atoms with E-state index in [0.717, 1.165) is 0 Å². The molecule has 0 radical (unpaired) electrons. The average molecular weight is 266 g/mol. The molecule has 0 aromatic heterocycles. The van der Waals surface area contributed by atoms with Crippen LogP contribution in [-0.4, -0.2) is 55.3 Å². The van der Waals surface area contributed by atoms with E-state index in [1.54, 1.807) is 0 Å². The predicted molar refractivity (Wildman–Crippen MR) is 64.9 cm³/mol. The first kappa shape index (κ1) is 13.7. The predicted octanol–water partition coefficient (Wildman–Crippen LogP) is -2.20. The summed E-state index contributed by atoms with van der Waals surface area (Å²) in [6.07, 6.45) is -4.90. The van der Waals surface area contributed by atoms with E-state index in [4.69, 9.17) is 40.6 Å². The van der Waals surface area contributed by atoms with Crippen LogP contribution in [0.4, 0.5) is 0 Å². The van der Waals surface area contributed by atoms with Crippen LogP contribution >= 0.6 is 24.4 Å². The Morgan fingerprint density at radius 1 is 1.31 bits per heavy atom. The second-order valence-corrected chi connectivity index (χ2v) is 4.60. The Kier molecular flexibility index (Phi) is 3.83. The van der Waals surface area contributed by atoms with Gasteiger partial charge in [-0.15, -0.1) is 0 Å². The van der Waals surface area contributed by atoms with Crippen molar-refractivity contribution in [3.63, 3.8) is 0 Å². The van der Waals surface area contributed by atoms with Crippen molar-refractivity contribution in [2.24, 2.45) is 11.5 Å². The summed E-state index contributed by atoms with van der Waals surface area (Å²) >= 11 is 9.49. The molecule has 4 atom stereocenters. The van der Waals surface area contributed by atoms with E-state index in [1.807, 2.05) is 0 Å². The first-order valence-corrected chi connectivity index (χ1v) is 5.38. The maximum absolute atomic E-state index is 9.85. The summed E-state index contributed by atoms with van der Waals surface area (Å²) in [4.78, 5) is -0.538. The number of rotatable bonds is 3. The highest BCUT2D eigenvalue weighted by Crippen LogP contribution is 2.33. The molecular weight excluding hydrogens is 252 g/mol. The number of hydrogen-bond acceptors (Lipinski definition) is 6. The van der Waals surface area contributed by atoms with Crippen molar-refractivity contribution in [3.8, 4) is 0 Å². The van der Waals surface area contributed by atoms with Crippen molar-refractivity contribution in [3.05, 3.63) is 0 Å². The molecule has 8 heteroatoms. The first-order chi connectivity index (χ1) is 7.25. The highest BCUT2D eigenvalue weighted by atomic mass is 32.1. The molecule has 1 fully saturated rings. The summed E-state index contributed by atoms with van der Waals surface area (Å²) in [6.45, 7) is 1.40. The quantitative estimate of drug-likeness (QED) is 0.365. The van der Waals surface area contributed by atoms with Crippen molar-refractivity contribution in [2.45, 2.75) is 36.9 Å². The molecule has 1 saturated heterocycles. The molecule has 1 aliphatic rings. The summed E-state index contributed by atoms with van der Waals surface area (Å²) in [5, 5.41) is 28.9. The highest BCUT2D eigenvalue weighted by Gasteiger charge is 2.59. The van der Waals surface area contributed by atoms with Crippen LogP contribution in [0, 0.1) is 0 Å². The van der Waals surface area contributed by atoms with Crippen LogP contribution in [0.5, 0.6) is 0 Å². The maximum Gasteiger partial charge on any atom is 0.196 e. The third kappa shape index (κ3) is 1.81. The SMILES string of the molecule is C[C@H](O)[C@H]1OC(C(N)=S)(C(N)=S)[C@@H](O)[C@@H]1O. The van der Waals surface area contributed by atoms with E-state index in [-0.39, 0.29) is 9.98 Å². The van der Waals surface area contributed by atoms with E-state index in [0.29, 0.717) is 0 Å². The van der Waals surface area contributed by atoms with Gasteiger partial charge in [0.25, 0.3) is 0 Å². The molecule has 92 valence electrons. The van der Waals surface area contributed by atoms with Gasteiger partial charge < -0.3 is 31.5 Å². The summed E-state index contributed by atoms with van der Waals surface area (Å²) in [7, 11) is 0. The van der Waals surface area contributed by atoms with Crippen molar-refractivity contribution in [1.82, 2.24) is 0 Å². The second-order valence-electron chi connectivity index (χ2n) is 3.72. The summed E-state index contributed by atoms with van der Waals surface area (Å²) < 4.78 is 5.28. The first-order valence-electron chi connectivity index (χ1n) is 4.57. The number of hydrogen-bond donors (Lipinski definition) is 5. The normalized spacial score (nSPS) is 34.6. The molecule has 0 aromatic rings.